The van der Waals surface area contributed by atoms with Gasteiger partial charge in [-0.15, -0.1) is 0 Å². The highest BCUT2D eigenvalue weighted by atomic mass is 16.8. The molecule has 0 unspecified atom stereocenters. The summed E-state index contributed by atoms with van der Waals surface area (Å²) in [4.78, 5) is 24.4. The van der Waals surface area contributed by atoms with E-state index in [4.69, 9.17) is 23.7 Å². The lowest BCUT2D eigenvalue weighted by Crippen LogP contribution is -2.60. The highest BCUT2D eigenvalue weighted by Crippen LogP contribution is 2.44. The van der Waals surface area contributed by atoms with Crippen molar-refractivity contribution in [3.05, 3.63) is 59.4 Å². The molecule has 3 aliphatic rings. The van der Waals surface area contributed by atoms with Crippen LogP contribution in [0.2, 0.25) is 0 Å². The Balaban J connectivity index is 1.43. The summed E-state index contributed by atoms with van der Waals surface area (Å²) in [5.41, 5.74) is 0.943. The Kier molecular flexibility index (Phi) is 9.02. The van der Waals surface area contributed by atoms with Crippen LogP contribution < -0.4 is 0 Å². The molecule has 0 aromatic heterocycles. The van der Waals surface area contributed by atoms with Crippen LogP contribution >= 0.6 is 0 Å². The van der Waals surface area contributed by atoms with Gasteiger partial charge in [0.15, 0.2) is 6.29 Å². The van der Waals surface area contributed by atoms with Gasteiger partial charge in [-0.3, -0.25) is 0 Å². The quantitative estimate of drug-likeness (QED) is 0.127. The minimum atomic E-state index is -1.75. The molecule has 2 aliphatic heterocycles. The van der Waals surface area contributed by atoms with E-state index in [0.717, 1.165) is 19.4 Å². The maximum atomic E-state index is 12.2. The van der Waals surface area contributed by atoms with Gasteiger partial charge in [0, 0.05) is 12.0 Å². The maximum absolute atomic E-state index is 12.2. The van der Waals surface area contributed by atoms with Crippen molar-refractivity contribution in [2.75, 3.05) is 20.3 Å². The van der Waals surface area contributed by atoms with Gasteiger partial charge in [-0.1, -0.05) is 18.2 Å². The van der Waals surface area contributed by atoms with Crippen LogP contribution in [0.4, 0.5) is 0 Å². The third-order valence-electron chi connectivity index (χ3n) is 6.78. The number of esters is 2. The molecule has 0 spiro atoms. The minimum Gasteiger partial charge on any atom is -0.508 e. The van der Waals surface area contributed by atoms with Gasteiger partial charge in [0.2, 0.25) is 6.29 Å². The second-order valence-corrected chi connectivity index (χ2v) is 9.22. The van der Waals surface area contributed by atoms with Gasteiger partial charge in [-0.2, -0.15) is 0 Å². The predicted molar refractivity (Wildman–Crippen MR) is 129 cm³/mol. The molecule has 1 aromatic rings. The number of methoxy groups -OCH3 is 1. The summed E-state index contributed by atoms with van der Waals surface area (Å²) in [7, 11) is 1.16. The molecule has 212 valence electrons. The van der Waals surface area contributed by atoms with Crippen molar-refractivity contribution in [1.82, 2.24) is 0 Å². The molecule has 1 saturated heterocycles. The molecule has 4 rings (SSSR count). The fourth-order valence-corrected chi connectivity index (χ4v) is 4.74. The van der Waals surface area contributed by atoms with Crippen LogP contribution in [0.15, 0.2) is 53.8 Å². The molecule has 13 nitrogen and oxygen atoms in total. The number of carbonyl (C=O) groups excluding carboxylic acids is 2. The molecule has 0 saturated carbocycles. The van der Waals surface area contributed by atoms with Gasteiger partial charge in [0.05, 0.1) is 37.6 Å². The van der Waals surface area contributed by atoms with Gasteiger partial charge in [-0.05, 0) is 29.3 Å². The van der Waals surface area contributed by atoms with Crippen molar-refractivity contribution in [2.24, 2.45) is 11.8 Å². The number of fused-ring (bicyclic) bond motifs is 1. The monoisotopic (exact) mass is 550 g/mol. The first-order valence-electron chi connectivity index (χ1n) is 12.1. The van der Waals surface area contributed by atoms with Crippen LogP contribution in [-0.4, -0.2) is 106 Å². The Morgan fingerprint density at radius 3 is 2.38 bits per heavy atom. The Hall–Kier alpha value is -3.30. The molecular weight excluding hydrogens is 520 g/mol. The summed E-state index contributed by atoms with van der Waals surface area (Å²) < 4.78 is 26.8. The van der Waals surface area contributed by atoms with Gasteiger partial charge < -0.3 is 54.3 Å². The first kappa shape index (κ1) is 28.7. The van der Waals surface area contributed by atoms with Crippen LogP contribution in [0, 0.1) is 11.8 Å². The maximum Gasteiger partial charge on any atom is 0.337 e. The molecule has 13 heteroatoms. The Labute approximate surface area is 222 Å². The number of aromatic hydroxyl groups is 1. The van der Waals surface area contributed by atoms with Crippen LogP contribution in [0.3, 0.4) is 0 Å². The van der Waals surface area contributed by atoms with E-state index in [1.165, 1.54) is 24.3 Å². The highest BCUT2D eigenvalue weighted by Gasteiger charge is 2.52. The van der Waals surface area contributed by atoms with E-state index in [-0.39, 0.29) is 11.3 Å². The molecule has 2 heterocycles. The largest absolute Gasteiger partial charge is 0.508 e. The lowest BCUT2D eigenvalue weighted by molar-refractivity contribution is -0.340. The molecular formula is C26H30O13. The molecule has 1 fully saturated rings. The number of aliphatic hydroxyl groups excluding tert-OH is 5. The number of hydrogen-bond acceptors (Lipinski definition) is 13. The number of carbonyl (C=O) groups is 2. The Morgan fingerprint density at radius 1 is 1.00 bits per heavy atom. The van der Waals surface area contributed by atoms with E-state index in [2.05, 4.69) is 0 Å². The van der Waals surface area contributed by atoms with Crippen molar-refractivity contribution in [3.63, 3.8) is 0 Å². The second kappa shape index (κ2) is 12.3. The molecule has 1 aliphatic carbocycles. The molecule has 1 aromatic carbocycles. The highest BCUT2D eigenvalue weighted by molar-refractivity contribution is 5.89. The average Bonchev–Trinajstić information content (AvgIpc) is 3.28. The minimum absolute atomic E-state index is 0.0141. The molecule has 9 atom stereocenters. The number of benzene rings is 1. The number of rotatable bonds is 8. The normalized spacial score (nSPS) is 34.1. The number of phenols is 1. The number of phenolic OH excluding ortho intramolecular Hbond substituents is 1. The van der Waals surface area contributed by atoms with Crippen molar-refractivity contribution >= 4 is 18.0 Å². The summed E-state index contributed by atoms with van der Waals surface area (Å²) in [5, 5.41) is 60.9. The van der Waals surface area contributed by atoms with Crippen LogP contribution in [0.5, 0.6) is 5.75 Å². The van der Waals surface area contributed by atoms with Crippen molar-refractivity contribution < 1.29 is 63.9 Å². The zero-order valence-electron chi connectivity index (χ0n) is 20.8. The van der Waals surface area contributed by atoms with Crippen LogP contribution in [-0.2, 0) is 33.3 Å². The smallest absolute Gasteiger partial charge is 0.337 e. The van der Waals surface area contributed by atoms with E-state index >= 15 is 0 Å². The predicted octanol–water partition coefficient (Wildman–Crippen LogP) is -1.29. The summed E-state index contributed by atoms with van der Waals surface area (Å²) in [6.45, 7) is -0.990. The first-order chi connectivity index (χ1) is 18.6. The number of aliphatic hydroxyl groups is 5. The van der Waals surface area contributed by atoms with Crippen molar-refractivity contribution in [1.29, 1.82) is 0 Å². The topological polar surface area (TPSA) is 202 Å². The standard InChI is InChI=1S/C26H30O13/c1-35-24(34)15-10-37-25(19-13(9-27)8-16(29)20(15)19)39-26-23(33)22(32)21(31)17(38-26)11-36-18(30)7-4-12-2-5-14(28)6-3-12/h2-8,10,16-17,19-23,25-29,31-33H,9,11H2,1H3/b7-4+/t16-,17-,19-,20+,21-,22+,23-,25+,26+/m1/s1. The van der Waals surface area contributed by atoms with Crippen molar-refractivity contribution in [3.8, 4) is 5.75 Å². The zero-order valence-corrected chi connectivity index (χ0v) is 20.8. The van der Waals surface area contributed by atoms with E-state index in [1.54, 1.807) is 12.1 Å². The fourth-order valence-electron chi connectivity index (χ4n) is 4.74. The van der Waals surface area contributed by atoms with E-state index < -0.39 is 80.1 Å². The lowest BCUT2D eigenvalue weighted by Gasteiger charge is -2.43. The molecule has 6 N–H and O–H groups in total. The number of hydrogen-bond donors (Lipinski definition) is 6. The lowest BCUT2D eigenvalue weighted by atomic mass is 9.82. The molecule has 0 amide bonds. The first-order valence-corrected chi connectivity index (χ1v) is 12.1. The Morgan fingerprint density at radius 2 is 1.72 bits per heavy atom. The molecule has 0 bridgehead atoms. The van der Waals surface area contributed by atoms with Gasteiger partial charge in [-0.25, -0.2) is 9.59 Å². The fraction of sp³-hybridized carbons (Fsp3) is 0.462. The second-order valence-electron chi connectivity index (χ2n) is 9.22. The summed E-state index contributed by atoms with van der Waals surface area (Å²) in [6, 6.07) is 6.04. The van der Waals surface area contributed by atoms with Gasteiger partial charge >= 0.3 is 11.9 Å². The van der Waals surface area contributed by atoms with Crippen molar-refractivity contribution in [2.45, 2.75) is 43.1 Å². The third-order valence-corrected chi connectivity index (χ3v) is 6.78. The Bertz CT molecular complexity index is 1130. The zero-order chi connectivity index (χ0) is 28.3. The van der Waals surface area contributed by atoms with E-state index in [9.17, 15) is 40.2 Å². The molecule has 0 radical (unpaired) electrons. The van der Waals surface area contributed by atoms with E-state index in [1.807, 2.05) is 0 Å². The summed E-state index contributed by atoms with van der Waals surface area (Å²) >= 11 is 0. The van der Waals surface area contributed by atoms with Gasteiger partial charge in [0.25, 0.3) is 0 Å². The summed E-state index contributed by atoms with van der Waals surface area (Å²) in [6.07, 6.45) is -5.49. The molecule has 39 heavy (non-hydrogen) atoms. The van der Waals surface area contributed by atoms with Gasteiger partial charge in [0.1, 0.15) is 36.8 Å². The third kappa shape index (κ3) is 6.15. The number of ether oxygens (including phenoxy) is 5. The summed E-state index contributed by atoms with van der Waals surface area (Å²) in [5.74, 6) is -3.22. The van der Waals surface area contributed by atoms with E-state index in [0.29, 0.717) is 11.1 Å². The SMILES string of the molecule is COC(=O)C1=CO[C@@H](O[C@@H]2O[C@H](COC(=O)/C=C/c3ccc(O)cc3)[C@@H](O)[C@H](O)[C@H]2O)[C@@H]2C(CO)=C[C@@H](O)[C@H]12. The average molecular weight is 551 g/mol. The van der Waals surface area contributed by atoms with Crippen LogP contribution in [0.1, 0.15) is 5.56 Å². The van der Waals surface area contributed by atoms with Crippen LogP contribution in [0.25, 0.3) is 6.08 Å².